The van der Waals surface area contributed by atoms with Gasteiger partial charge < -0.3 is 10.1 Å². The van der Waals surface area contributed by atoms with Crippen LogP contribution in [0.1, 0.15) is 30.1 Å². The van der Waals surface area contributed by atoms with Gasteiger partial charge in [-0.1, -0.05) is 24.9 Å². The fraction of sp³-hybridized carbons (Fsp3) is 0.200. The fourth-order valence-electron chi connectivity index (χ4n) is 2.42. The third-order valence-corrected chi connectivity index (χ3v) is 7.06. The molecule has 0 spiro atoms. The molecule has 0 bridgehead atoms. The van der Waals surface area contributed by atoms with Gasteiger partial charge in [0, 0.05) is 24.5 Å². The SMILES string of the molecule is CCCCNC(=O)c1ccc(Oc2ccc(NS(=O)(=O)c3ccc(Cl)s3)cc2)nc1. The summed E-state index contributed by atoms with van der Waals surface area (Å²) in [5, 5.41) is 2.82. The number of benzene rings is 1. The number of sulfonamides is 1. The van der Waals surface area contributed by atoms with E-state index in [0.717, 1.165) is 24.2 Å². The van der Waals surface area contributed by atoms with Crippen molar-refractivity contribution < 1.29 is 17.9 Å². The molecule has 0 saturated heterocycles. The Morgan fingerprint density at radius 3 is 2.50 bits per heavy atom. The number of ether oxygens (including phenoxy) is 1. The van der Waals surface area contributed by atoms with Crippen LogP contribution >= 0.6 is 22.9 Å². The number of aromatic nitrogens is 1. The van der Waals surface area contributed by atoms with Gasteiger partial charge in [0.15, 0.2) is 0 Å². The van der Waals surface area contributed by atoms with Gasteiger partial charge in [-0.15, -0.1) is 11.3 Å². The van der Waals surface area contributed by atoms with Crippen molar-refractivity contribution in [2.45, 2.75) is 24.0 Å². The summed E-state index contributed by atoms with van der Waals surface area (Å²) in [6.45, 7) is 2.68. The zero-order valence-corrected chi connectivity index (χ0v) is 18.5. The van der Waals surface area contributed by atoms with Crippen LogP contribution in [0.5, 0.6) is 11.6 Å². The van der Waals surface area contributed by atoms with E-state index in [-0.39, 0.29) is 10.1 Å². The molecule has 3 aromatic rings. The standard InChI is InChI=1S/C20H20ClN3O4S2/c1-2-3-12-22-20(25)14-4-10-18(23-13-14)28-16-7-5-15(6-8-16)24-30(26,27)19-11-9-17(21)29-19/h4-11,13,24H,2-3,12H2,1H3,(H,22,25). The Hall–Kier alpha value is -2.62. The average Bonchev–Trinajstić information content (AvgIpc) is 3.17. The van der Waals surface area contributed by atoms with Gasteiger partial charge in [0.05, 0.1) is 9.90 Å². The third kappa shape index (κ3) is 5.94. The molecule has 0 aliphatic carbocycles. The molecule has 0 unspecified atom stereocenters. The highest BCUT2D eigenvalue weighted by Crippen LogP contribution is 2.28. The molecule has 0 aliphatic heterocycles. The third-order valence-electron chi connectivity index (χ3n) is 3.96. The molecule has 1 aromatic carbocycles. The normalized spacial score (nSPS) is 11.1. The Kier molecular flexibility index (Phi) is 7.30. The summed E-state index contributed by atoms with van der Waals surface area (Å²) in [5.41, 5.74) is 0.843. The van der Waals surface area contributed by atoms with E-state index in [2.05, 4.69) is 21.9 Å². The van der Waals surface area contributed by atoms with Crippen LogP contribution in [0.25, 0.3) is 0 Å². The van der Waals surface area contributed by atoms with E-state index in [4.69, 9.17) is 16.3 Å². The molecule has 0 saturated carbocycles. The van der Waals surface area contributed by atoms with Crippen LogP contribution in [0.4, 0.5) is 5.69 Å². The van der Waals surface area contributed by atoms with Crippen LogP contribution < -0.4 is 14.8 Å². The van der Waals surface area contributed by atoms with Crippen LogP contribution in [-0.2, 0) is 10.0 Å². The Labute approximate surface area is 184 Å². The molecule has 10 heteroatoms. The van der Waals surface area contributed by atoms with Gasteiger partial charge in [-0.25, -0.2) is 13.4 Å². The first-order chi connectivity index (χ1) is 14.4. The van der Waals surface area contributed by atoms with Crippen LogP contribution in [0.15, 0.2) is 58.9 Å². The average molecular weight is 466 g/mol. The maximum atomic E-state index is 12.3. The lowest BCUT2D eigenvalue weighted by molar-refractivity contribution is 0.0952. The molecule has 0 aliphatic rings. The number of nitrogens with zero attached hydrogens (tertiary/aromatic N) is 1. The van der Waals surface area contributed by atoms with E-state index in [1.54, 1.807) is 36.4 Å². The summed E-state index contributed by atoms with van der Waals surface area (Å²) in [6, 6.07) is 12.6. The van der Waals surface area contributed by atoms with Crippen LogP contribution in [0, 0.1) is 0 Å². The highest BCUT2D eigenvalue weighted by molar-refractivity contribution is 7.94. The van der Waals surface area contributed by atoms with Crippen LogP contribution in [-0.4, -0.2) is 25.9 Å². The van der Waals surface area contributed by atoms with E-state index >= 15 is 0 Å². The van der Waals surface area contributed by atoms with Gasteiger partial charge in [-0.2, -0.15) is 0 Å². The molecule has 158 valence electrons. The van der Waals surface area contributed by atoms with Gasteiger partial charge in [-0.05, 0) is 48.9 Å². The van der Waals surface area contributed by atoms with E-state index in [0.29, 0.717) is 33.8 Å². The summed E-state index contributed by atoms with van der Waals surface area (Å²) < 4.78 is 33.3. The van der Waals surface area contributed by atoms with Crippen LogP contribution in [0.3, 0.4) is 0 Å². The molecule has 0 radical (unpaired) electrons. The Bertz CT molecular complexity index is 1100. The zero-order chi connectivity index (χ0) is 21.6. The van der Waals surface area contributed by atoms with Crippen molar-refractivity contribution in [2.75, 3.05) is 11.3 Å². The minimum Gasteiger partial charge on any atom is -0.439 e. The monoisotopic (exact) mass is 465 g/mol. The number of unbranched alkanes of at least 4 members (excludes halogenated alkanes) is 1. The van der Waals surface area contributed by atoms with E-state index in [9.17, 15) is 13.2 Å². The van der Waals surface area contributed by atoms with Crippen molar-refractivity contribution in [2.24, 2.45) is 0 Å². The minimum atomic E-state index is -3.69. The molecule has 1 amide bonds. The Morgan fingerprint density at radius 2 is 1.90 bits per heavy atom. The number of amides is 1. The van der Waals surface area contributed by atoms with E-state index in [1.165, 1.54) is 18.3 Å². The number of rotatable bonds is 9. The summed E-state index contributed by atoms with van der Waals surface area (Å²) in [6.07, 6.45) is 3.38. The number of thiophene rings is 1. The van der Waals surface area contributed by atoms with E-state index < -0.39 is 10.0 Å². The number of halogens is 1. The first-order valence-electron chi connectivity index (χ1n) is 9.18. The number of hydrogen-bond acceptors (Lipinski definition) is 6. The molecule has 2 aromatic heterocycles. The number of nitrogens with one attached hydrogen (secondary N) is 2. The van der Waals surface area contributed by atoms with Crippen molar-refractivity contribution in [3.63, 3.8) is 0 Å². The maximum Gasteiger partial charge on any atom is 0.271 e. The second-order valence-corrected chi connectivity index (χ2v) is 9.91. The quantitative estimate of drug-likeness (QED) is 0.437. The van der Waals surface area contributed by atoms with Gasteiger partial charge in [0.1, 0.15) is 9.96 Å². The number of pyridine rings is 1. The lowest BCUT2D eigenvalue weighted by Crippen LogP contribution is -2.24. The highest BCUT2D eigenvalue weighted by Gasteiger charge is 2.16. The first-order valence-corrected chi connectivity index (χ1v) is 11.9. The smallest absolute Gasteiger partial charge is 0.271 e. The summed E-state index contributed by atoms with van der Waals surface area (Å²) in [7, 11) is -3.69. The topological polar surface area (TPSA) is 97.4 Å². The molecule has 3 rings (SSSR count). The molecule has 2 heterocycles. The summed E-state index contributed by atoms with van der Waals surface area (Å²) in [5.74, 6) is 0.623. The minimum absolute atomic E-state index is 0.135. The number of anilines is 1. The Morgan fingerprint density at radius 1 is 1.13 bits per heavy atom. The van der Waals surface area contributed by atoms with Gasteiger partial charge in [-0.3, -0.25) is 9.52 Å². The second kappa shape index (κ2) is 9.92. The molecular formula is C20H20ClN3O4S2. The Balaban J connectivity index is 1.59. The van der Waals surface area contributed by atoms with Crippen molar-refractivity contribution in [1.82, 2.24) is 10.3 Å². The number of carbonyl (C=O) groups excluding carboxylic acids is 1. The van der Waals surface area contributed by atoms with Crippen molar-refractivity contribution in [1.29, 1.82) is 0 Å². The van der Waals surface area contributed by atoms with Crippen molar-refractivity contribution >= 4 is 44.6 Å². The second-order valence-electron chi connectivity index (χ2n) is 6.29. The predicted molar refractivity (Wildman–Crippen MR) is 118 cm³/mol. The lowest BCUT2D eigenvalue weighted by atomic mass is 10.2. The van der Waals surface area contributed by atoms with Gasteiger partial charge in [0.25, 0.3) is 15.9 Å². The molecule has 30 heavy (non-hydrogen) atoms. The number of hydrogen-bond donors (Lipinski definition) is 2. The molecule has 7 nitrogen and oxygen atoms in total. The van der Waals surface area contributed by atoms with Crippen molar-refractivity contribution in [3.8, 4) is 11.6 Å². The largest absolute Gasteiger partial charge is 0.439 e. The highest BCUT2D eigenvalue weighted by atomic mass is 35.5. The predicted octanol–water partition coefficient (Wildman–Crippen LogP) is 4.92. The summed E-state index contributed by atoms with van der Waals surface area (Å²) >= 11 is 6.79. The van der Waals surface area contributed by atoms with Crippen LogP contribution in [0.2, 0.25) is 4.34 Å². The van der Waals surface area contributed by atoms with Gasteiger partial charge in [0.2, 0.25) is 5.88 Å². The van der Waals surface area contributed by atoms with Crippen molar-refractivity contribution in [3.05, 3.63) is 64.6 Å². The first kappa shape index (κ1) is 22.1. The lowest BCUT2D eigenvalue weighted by Gasteiger charge is -2.09. The number of carbonyl (C=O) groups is 1. The van der Waals surface area contributed by atoms with E-state index in [1.807, 2.05) is 0 Å². The van der Waals surface area contributed by atoms with Gasteiger partial charge >= 0.3 is 0 Å². The molecule has 0 fully saturated rings. The zero-order valence-electron chi connectivity index (χ0n) is 16.1. The molecular weight excluding hydrogens is 446 g/mol. The molecule has 0 atom stereocenters. The molecule has 2 N–H and O–H groups in total. The summed E-state index contributed by atoms with van der Waals surface area (Å²) in [4.78, 5) is 16.1. The maximum absolute atomic E-state index is 12.3. The fourth-order valence-corrected chi connectivity index (χ4v) is 4.96.